The lowest BCUT2D eigenvalue weighted by molar-refractivity contribution is -0.140. The molecular weight excluding hydrogens is 144 g/mol. The molecule has 0 aromatic heterocycles. The first kappa shape index (κ1) is 9.66. The summed E-state index contributed by atoms with van der Waals surface area (Å²) < 4.78 is 0. The summed E-state index contributed by atoms with van der Waals surface area (Å²) in [4.78, 5) is 10.4. The van der Waals surface area contributed by atoms with Crippen LogP contribution < -0.4 is 5.73 Å². The number of allylic oxidation sites excluding steroid dienone is 1. The molecule has 0 saturated heterocycles. The number of carboxylic acids is 1. The van der Waals surface area contributed by atoms with Gasteiger partial charge in [-0.1, -0.05) is 12.2 Å². The second-order valence-corrected chi connectivity index (χ2v) is 2.35. The van der Waals surface area contributed by atoms with Crippen molar-refractivity contribution in [3.05, 3.63) is 12.2 Å². The van der Waals surface area contributed by atoms with Crippen molar-refractivity contribution in [2.75, 3.05) is 0 Å². The second-order valence-electron chi connectivity index (χ2n) is 2.35. The zero-order valence-corrected chi connectivity index (χ0v) is 6.24. The van der Waals surface area contributed by atoms with Crippen LogP contribution in [0.5, 0.6) is 0 Å². The van der Waals surface area contributed by atoms with E-state index in [1.807, 2.05) is 6.07 Å². The first-order valence-electron chi connectivity index (χ1n) is 3.07. The molecule has 0 heterocycles. The predicted octanol–water partition coefficient (Wildman–Crippen LogP) is 0.258. The van der Waals surface area contributed by atoms with Crippen LogP contribution >= 0.6 is 0 Å². The van der Waals surface area contributed by atoms with Crippen LogP contribution in [0.3, 0.4) is 0 Å². The van der Waals surface area contributed by atoms with Crippen LogP contribution in [0, 0.1) is 11.3 Å². The third kappa shape index (κ3) is 3.38. The van der Waals surface area contributed by atoms with Gasteiger partial charge in [0.25, 0.3) is 0 Å². The molecule has 0 aromatic carbocycles. The molecule has 0 saturated carbocycles. The first-order chi connectivity index (χ1) is 5.00. The van der Waals surface area contributed by atoms with E-state index in [1.165, 1.54) is 19.1 Å². The van der Waals surface area contributed by atoms with Crippen molar-refractivity contribution in [1.29, 1.82) is 5.26 Å². The Hall–Kier alpha value is -1.34. The van der Waals surface area contributed by atoms with E-state index in [0.717, 1.165) is 0 Å². The molecule has 11 heavy (non-hydrogen) atoms. The molecule has 0 rings (SSSR count). The lowest BCUT2D eigenvalue weighted by Gasteiger charge is -2.12. The average molecular weight is 154 g/mol. The average Bonchev–Trinajstić information content (AvgIpc) is 1.88. The van der Waals surface area contributed by atoms with Crippen molar-refractivity contribution in [2.24, 2.45) is 5.73 Å². The van der Waals surface area contributed by atoms with Gasteiger partial charge < -0.3 is 10.8 Å². The molecule has 0 bridgehead atoms. The number of nitrogens with two attached hydrogens (primary N) is 1. The fourth-order valence-corrected chi connectivity index (χ4v) is 0.428. The zero-order valence-electron chi connectivity index (χ0n) is 6.24. The Morgan fingerprint density at radius 2 is 2.45 bits per heavy atom. The Balaban J connectivity index is 4.14. The van der Waals surface area contributed by atoms with Crippen LogP contribution in [-0.2, 0) is 4.79 Å². The first-order valence-corrected chi connectivity index (χ1v) is 3.07. The van der Waals surface area contributed by atoms with E-state index in [1.54, 1.807) is 0 Å². The molecule has 60 valence electrons. The largest absolute Gasteiger partial charge is 0.480 e. The highest BCUT2D eigenvalue weighted by Crippen LogP contribution is 2.01. The molecule has 4 heteroatoms. The van der Waals surface area contributed by atoms with Gasteiger partial charge in [-0.25, -0.2) is 4.79 Å². The molecule has 0 aliphatic rings. The highest BCUT2D eigenvalue weighted by atomic mass is 16.4. The van der Waals surface area contributed by atoms with E-state index in [9.17, 15) is 4.79 Å². The fourth-order valence-electron chi connectivity index (χ4n) is 0.428. The van der Waals surface area contributed by atoms with Crippen LogP contribution in [0.1, 0.15) is 13.3 Å². The maximum absolute atomic E-state index is 10.4. The summed E-state index contributed by atoms with van der Waals surface area (Å²) in [6, 6.07) is 1.84. The molecule has 0 aliphatic carbocycles. The van der Waals surface area contributed by atoms with Crippen molar-refractivity contribution in [3.63, 3.8) is 0 Å². The number of carbonyl (C=O) groups is 1. The van der Waals surface area contributed by atoms with Crippen LogP contribution in [0.15, 0.2) is 12.2 Å². The monoisotopic (exact) mass is 154 g/mol. The fraction of sp³-hybridized carbons (Fsp3) is 0.429. The predicted molar refractivity (Wildman–Crippen MR) is 39.6 cm³/mol. The maximum Gasteiger partial charge on any atom is 0.327 e. The smallest absolute Gasteiger partial charge is 0.327 e. The highest BCUT2D eigenvalue weighted by molar-refractivity contribution is 5.80. The quantitative estimate of drug-likeness (QED) is 0.571. The minimum atomic E-state index is -1.36. The molecule has 0 spiro atoms. The van der Waals surface area contributed by atoms with Gasteiger partial charge in [-0.15, -0.1) is 0 Å². The summed E-state index contributed by atoms with van der Waals surface area (Å²) in [7, 11) is 0. The number of hydrogen-bond donors (Lipinski definition) is 2. The molecule has 0 aliphatic heterocycles. The van der Waals surface area contributed by atoms with Crippen molar-refractivity contribution in [1.82, 2.24) is 0 Å². The number of nitriles is 1. The number of aliphatic carboxylic acids is 1. The van der Waals surface area contributed by atoms with Gasteiger partial charge in [0.05, 0.1) is 12.5 Å². The van der Waals surface area contributed by atoms with Crippen LogP contribution in [-0.4, -0.2) is 16.6 Å². The Morgan fingerprint density at radius 3 is 2.82 bits per heavy atom. The third-order valence-electron chi connectivity index (χ3n) is 1.13. The normalized spacial score (nSPS) is 15.7. The summed E-state index contributed by atoms with van der Waals surface area (Å²) in [5.74, 6) is -1.10. The maximum atomic E-state index is 10.4. The lowest BCUT2D eigenvalue weighted by atomic mass is 10.0. The van der Waals surface area contributed by atoms with E-state index >= 15 is 0 Å². The zero-order chi connectivity index (χ0) is 8.91. The van der Waals surface area contributed by atoms with E-state index in [0.29, 0.717) is 0 Å². The van der Waals surface area contributed by atoms with Crippen molar-refractivity contribution in [3.8, 4) is 6.07 Å². The SMILES string of the molecule is CC(N)(/C=C\CC#N)C(=O)O. The topological polar surface area (TPSA) is 87.1 Å². The third-order valence-corrected chi connectivity index (χ3v) is 1.13. The van der Waals surface area contributed by atoms with E-state index in [2.05, 4.69) is 0 Å². The minimum absolute atomic E-state index is 0.181. The molecule has 3 N–H and O–H groups in total. The molecule has 1 unspecified atom stereocenters. The molecule has 0 radical (unpaired) electrons. The van der Waals surface area contributed by atoms with Gasteiger partial charge >= 0.3 is 5.97 Å². The number of rotatable bonds is 3. The van der Waals surface area contributed by atoms with E-state index in [4.69, 9.17) is 16.1 Å². The van der Waals surface area contributed by atoms with E-state index < -0.39 is 11.5 Å². The van der Waals surface area contributed by atoms with Crippen molar-refractivity contribution < 1.29 is 9.90 Å². The van der Waals surface area contributed by atoms with Crippen molar-refractivity contribution >= 4 is 5.97 Å². The Morgan fingerprint density at radius 1 is 1.91 bits per heavy atom. The Labute approximate surface area is 64.9 Å². The van der Waals surface area contributed by atoms with Crippen LogP contribution in [0.4, 0.5) is 0 Å². The highest BCUT2D eigenvalue weighted by Gasteiger charge is 2.23. The summed E-state index contributed by atoms with van der Waals surface area (Å²) in [5.41, 5.74) is 3.94. The van der Waals surface area contributed by atoms with Gasteiger partial charge in [0.1, 0.15) is 5.54 Å². The van der Waals surface area contributed by atoms with Crippen LogP contribution in [0.2, 0.25) is 0 Å². The lowest BCUT2D eigenvalue weighted by Crippen LogP contribution is -2.42. The number of hydrogen-bond acceptors (Lipinski definition) is 3. The van der Waals surface area contributed by atoms with Crippen molar-refractivity contribution in [2.45, 2.75) is 18.9 Å². The number of nitrogens with zero attached hydrogens (tertiary/aromatic N) is 1. The Bertz CT molecular complexity index is 213. The molecule has 4 nitrogen and oxygen atoms in total. The summed E-state index contributed by atoms with van der Waals surface area (Å²) in [5, 5.41) is 16.6. The molecule has 0 fully saturated rings. The minimum Gasteiger partial charge on any atom is -0.480 e. The summed E-state index contributed by atoms with van der Waals surface area (Å²) >= 11 is 0. The molecule has 0 aromatic rings. The number of carboxylic acid groups (broad SMARTS) is 1. The van der Waals surface area contributed by atoms with Gasteiger partial charge in [0.15, 0.2) is 0 Å². The second kappa shape index (κ2) is 3.74. The van der Waals surface area contributed by atoms with Gasteiger partial charge in [-0.05, 0) is 6.92 Å². The van der Waals surface area contributed by atoms with Gasteiger partial charge in [-0.2, -0.15) is 5.26 Å². The molecule has 1 atom stereocenters. The Kier molecular flexibility index (Phi) is 3.28. The van der Waals surface area contributed by atoms with Gasteiger partial charge in [-0.3, -0.25) is 0 Å². The standard InChI is InChI=1S/C7H10N2O2/c1-7(9,6(10)11)4-2-3-5-8/h2,4H,3,9H2,1H3,(H,10,11)/b4-2-. The van der Waals surface area contributed by atoms with Gasteiger partial charge in [0, 0.05) is 0 Å². The summed E-state index contributed by atoms with van der Waals surface area (Å²) in [6.45, 7) is 1.36. The molecular formula is C7H10N2O2. The van der Waals surface area contributed by atoms with E-state index in [-0.39, 0.29) is 6.42 Å². The van der Waals surface area contributed by atoms with Crippen LogP contribution in [0.25, 0.3) is 0 Å². The summed E-state index contributed by atoms with van der Waals surface area (Å²) in [6.07, 6.45) is 2.92. The van der Waals surface area contributed by atoms with Gasteiger partial charge in [0.2, 0.25) is 0 Å². The molecule has 0 amide bonds.